The van der Waals surface area contributed by atoms with Crippen LogP contribution in [0.25, 0.3) is 0 Å². The Bertz CT molecular complexity index is 440. The van der Waals surface area contributed by atoms with E-state index in [9.17, 15) is 9.59 Å². The zero-order chi connectivity index (χ0) is 17.7. The molecule has 0 aromatic heterocycles. The second kappa shape index (κ2) is 8.71. The molecule has 2 amide bonds. The van der Waals surface area contributed by atoms with Gasteiger partial charge in [-0.1, -0.05) is 0 Å². The summed E-state index contributed by atoms with van der Waals surface area (Å²) in [6.07, 6.45) is 0.762. The van der Waals surface area contributed by atoms with E-state index in [4.69, 9.17) is 18.9 Å². The fourth-order valence-electron chi connectivity index (χ4n) is 3.49. The van der Waals surface area contributed by atoms with Crippen LogP contribution in [0.3, 0.4) is 0 Å². The molecule has 24 heavy (non-hydrogen) atoms. The van der Waals surface area contributed by atoms with Gasteiger partial charge in [0.15, 0.2) is 0 Å². The summed E-state index contributed by atoms with van der Waals surface area (Å²) in [5, 5.41) is 0. The summed E-state index contributed by atoms with van der Waals surface area (Å²) in [7, 11) is 0. The summed E-state index contributed by atoms with van der Waals surface area (Å²) in [6, 6.07) is -0.576. The summed E-state index contributed by atoms with van der Waals surface area (Å²) < 4.78 is 23.5. The number of ether oxygens (including phenoxy) is 4. The molecule has 0 aromatic rings. The minimum Gasteiger partial charge on any atom is -0.373 e. The number of hydrogen-bond donors (Lipinski definition) is 0. The molecule has 1 aliphatic heterocycles. The molecule has 0 bridgehead atoms. The minimum absolute atomic E-state index is 0.355. The summed E-state index contributed by atoms with van der Waals surface area (Å²) >= 11 is 0. The van der Waals surface area contributed by atoms with Gasteiger partial charge in [-0.05, 0) is 27.7 Å². The van der Waals surface area contributed by atoms with Crippen molar-refractivity contribution in [1.82, 2.24) is 4.90 Å². The van der Waals surface area contributed by atoms with E-state index in [1.54, 1.807) is 0 Å². The first kappa shape index (κ1) is 19.1. The van der Waals surface area contributed by atoms with E-state index in [2.05, 4.69) is 0 Å². The molecule has 0 aromatic carbocycles. The average Bonchev–Trinajstić information content (AvgIpc) is 3.01. The molecule has 2 aliphatic rings. The normalized spacial score (nSPS) is 33.0. The van der Waals surface area contributed by atoms with Gasteiger partial charge in [0.05, 0.1) is 6.04 Å². The maximum absolute atomic E-state index is 12.2. The molecular formula is C17H27NO6. The zero-order valence-electron chi connectivity index (χ0n) is 14.8. The van der Waals surface area contributed by atoms with E-state index in [1.165, 1.54) is 17.1 Å². The Balaban J connectivity index is 2.40. The summed E-state index contributed by atoms with van der Waals surface area (Å²) in [4.78, 5) is 25.7. The molecular weight excluding hydrogens is 314 g/mol. The number of amides is 2. The molecule has 0 N–H and O–H groups in total. The Labute approximate surface area is 142 Å². The standard InChI is InChI=1S/C17H27NO6/c1-5-21-14-13(18-11(19)9-10-12(18)20)15(22-6-2)17(24-8-4)16(14)23-7-3/h9-10,13-17H,5-8H2,1-4H3/t14-,15-,16-,17-/m0/s1. The Kier molecular flexibility index (Phi) is 6.91. The number of imide groups is 1. The van der Waals surface area contributed by atoms with Crippen LogP contribution in [0.5, 0.6) is 0 Å². The van der Waals surface area contributed by atoms with Crippen LogP contribution < -0.4 is 0 Å². The van der Waals surface area contributed by atoms with Gasteiger partial charge in [0, 0.05) is 38.6 Å². The fraction of sp³-hybridized carbons (Fsp3) is 0.765. The second-order valence-corrected chi connectivity index (χ2v) is 5.55. The number of carbonyl (C=O) groups is 2. The highest BCUT2D eigenvalue weighted by Crippen LogP contribution is 2.35. The zero-order valence-corrected chi connectivity index (χ0v) is 14.8. The van der Waals surface area contributed by atoms with E-state index in [0.29, 0.717) is 26.4 Å². The van der Waals surface area contributed by atoms with Crippen LogP contribution in [0, 0.1) is 0 Å². The van der Waals surface area contributed by atoms with Crippen LogP contribution >= 0.6 is 0 Å². The molecule has 0 radical (unpaired) electrons. The molecule has 4 atom stereocenters. The molecule has 1 heterocycles. The van der Waals surface area contributed by atoms with Gasteiger partial charge in [0.2, 0.25) is 0 Å². The Hall–Kier alpha value is -1.28. The van der Waals surface area contributed by atoms with Gasteiger partial charge in [0.25, 0.3) is 11.8 Å². The van der Waals surface area contributed by atoms with E-state index < -0.39 is 30.5 Å². The first-order valence-electron chi connectivity index (χ1n) is 8.62. The van der Waals surface area contributed by atoms with Crippen molar-refractivity contribution < 1.29 is 28.5 Å². The fourth-order valence-corrected chi connectivity index (χ4v) is 3.49. The van der Waals surface area contributed by atoms with Crippen molar-refractivity contribution in [3.63, 3.8) is 0 Å². The van der Waals surface area contributed by atoms with E-state index in [-0.39, 0.29) is 11.8 Å². The van der Waals surface area contributed by atoms with E-state index in [1.807, 2.05) is 27.7 Å². The molecule has 2 rings (SSSR count). The average molecular weight is 341 g/mol. The van der Waals surface area contributed by atoms with Crippen molar-refractivity contribution in [2.24, 2.45) is 0 Å². The SMILES string of the molecule is CCO[C@@H]1[C@@H](OCC)[C@@H](OCC)C(N2C(=O)C=CC2=O)[C@@H]1OCC. The number of nitrogens with zero attached hydrogens (tertiary/aromatic N) is 1. The first-order valence-corrected chi connectivity index (χ1v) is 8.62. The van der Waals surface area contributed by atoms with E-state index in [0.717, 1.165) is 0 Å². The van der Waals surface area contributed by atoms with Crippen LogP contribution in [0.1, 0.15) is 27.7 Å². The number of rotatable bonds is 9. The maximum atomic E-state index is 12.2. The number of hydrogen-bond acceptors (Lipinski definition) is 6. The van der Waals surface area contributed by atoms with Gasteiger partial charge in [-0.2, -0.15) is 0 Å². The van der Waals surface area contributed by atoms with Gasteiger partial charge in [0.1, 0.15) is 24.4 Å². The van der Waals surface area contributed by atoms with Gasteiger partial charge < -0.3 is 18.9 Å². The predicted octanol–water partition coefficient (Wildman–Crippen LogP) is 0.914. The van der Waals surface area contributed by atoms with Crippen molar-refractivity contribution in [3.05, 3.63) is 12.2 Å². The monoisotopic (exact) mass is 341 g/mol. The summed E-state index contributed by atoms with van der Waals surface area (Å²) in [5.74, 6) is -0.710. The van der Waals surface area contributed by atoms with Crippen LogP contribution in [0.15, 0.2) is 12.2 Å². The summed E-state index contributed by atoms with van der Waals surface area (Å²) in [6.45, 7) is 9.35. The third-order valence-electron chi connectivity index (χ3n) is 4.22. The van der Waals surface area contributed by atoms with Crippen molar-refractivity contribution >= 4 is 11.8 Å². The maximum Gasteiger partial charge on any atom is 0.254 e. The smallest absolute Gasteiger partial charge is 0.254 e. The lowest BCUT2D eigenvalue weighted by molar-refractivity contribution is -0.149. The molecule has 1 saturated carbocycles. The van der Waals surface area contributed by atoms with Crippen molar-refractivity contribution in [2.75, 3.05) is 26.4 Å². The van der Waals surface area contributed by atoms with Gasteiger partial charge in [-0.25, -0.2) is 0 Å². The quantitative estimate of drug-likeness (QED) is 0.581. The Morgan fingerprint density at radius 1 is 0.708 bits per heavy atom. The second-order valence-electron chi connectivity index (χ2n) is 5.55. The highest BCUT2D eigenvalue weighted by atomic mass is 16.6. The lowest BCUT2D eigenvalue weighted by Crippen LogP contribution is -2.53. The molecule has 136 valence electrons. The van der Waals surface area contributed by atoms with E-state index >= 15 is 0 Å². The highest BCUT2D eigenvalue weighted by molar-refractivity contribution is 6.13. The molecule has 1 aliphatic carbocycles. The van der Waals surface area contributed by atoms with Gasteiger partial charge >= 0.3 is 0 Å². The third-order valence-corrected chi connectivity index (χ3v) is 4.22. The molecule has 0 saturated heterocycles. The highest BCUT2D eigenvalue weighted by Gasteiger charge is 2.58. The first-order chi connectivity index (χ1) is 11.6. The van der Waals surface area contributed by atoms with Crippen LogP contribution in [-0.4, -0.2) is 73.6 Å². The molecule has 7 nitrogen and oxygen atoms in total. The van der Waals surface area contributed by atoms with Crippen molar-refractivity contribution in [2.45, 2.75) is 58.2 Å². The van der Waals surface area contributed by atoms with Gasteiger partial charge in [-0.3, -0.25) is 14.5 Å². The Morgan fingerprint density at radius 3 is 1.38 bits per heavy atom. The topological polar surface area (TPSA) is 74.3 Å². The van der Waals surface area contributed by atoms with Gasteiger partial charge in [-0.15, -0.1) is 0 Å². The summed E-state index contributed by atoms with van der Waals surface area (Å²) in [5.41, 5.74) is 0. The predicted molar refractivity (Wildman–Crippen MR) is 86.4 cm³/mol. The largest absolute Gasteiger partial charge is 0.373 e. The molecule has 0 spiro atoms. The van der Waals surface area contributed by atoms with Crippen LogP contribution in [-0.2, 0) is 28.5 Å². The van der Waals surface area contributed by atoms with Crippen molar-refractivity contribution in [1.29, 1.82) is 0 Å². The molecule has 7 heteroatoms. The lowest BCUT2D eigenvalue weighted by atomic mass is 10.1. The lowest BCUT2D eigenvalue weighted by Gasteiger charge is -2.32. The third kappa shape index (κ3) is 3.54. The van der Waals surface area contributed by atoms with Crippen LogP contribution in [0.4, 0.5) is 0 Å². The minimum atomic E-state index is -0.576. The van der Waals surface area contributed by atoms with Crippen LogP contribution in [0.2, 0.25) is 0 Å². The van der Waals surface area contributed by atoms with Crippen molar-refractivity contribution in [3.8, 4) is 0 Å². The Morgan fingerprint density at radius 2 is 1.04 bits per heavy atom. The molecule has 0 unspecified atom stereocenters. The number of carbonyl (C=O) groups excluding carboxylic acids is 2. The molecule has 1 fully saturated rings.